The van der Waals surface area contributed by atoms with E-state index >= 15 is 0 Å². The van der Waals surface area contributed by atoms with Gasteiger partial charge in [-0.15, -0.1) is 0 Å². The third-order valence-electron chi connectivity index (χ3n) is 6.27. The number of hydrogen-bond donors (Lipinski definition) is 2. The number of nitrogens with one attached hydrogen (secondary N) is 2. The van der Waals surface area contributed by atoms with Gasteiger partial charge >= 0.3 is 6.03 Å². The number of benzene rings is 2. The second-order valence-electron chi connectivity index (χ2n) is 8.25. The molecular formula is C24H26N6O3. The number of ether oxygens (including phenoxy) is 1. The Morgan fingerprint density at radius 3 is 2.42 bits per heavy atom. The predicted molar refractivity (Wildman–Crippen MR) is 125 cm³/mol. The Labute approximate surface area is 192 Å². The number of likely N-dealkylation sites (N-methyl/N-ethyl adjacent to an activating group) is 1. The fourth-order valence-corrected chi connectivity index (χ4v) is 4.37. The number of amides is 3. The summed E-state index contributed by atoms with van der Waals surface area (Å²) in [5.74, 6) is 1.97. The first-order chi connectivity index (χ1) is 15.9. The van der Waals surface area contributed by atoms with Gasteiger partial charge in [-0.05, 0) is 50.2 Å². The van der Waals surface area contributed by atoms with Gasteiger partial charge in [-0.3, -0.25) is 15.0 Å². The number of fused-ring (bicyclic) bond motifs is 3. The van der Waals surface area contributed by atoms with Gasteiger partial charge in [0.05, 0.1) is 0 Å². The van der Waals surface area contributed by atoms with Crippen LogP contribution in [0.2, 0.25) is 0 Å². The summed E-state index contributed by atoms with van der Waals surface area (Å²) in [4.78, 5) is 34.8. The van der Waals surface area contributed by atoms with Crippen LogP contribution in [-0.4, -0.2) is 64.9 Å². The quantitative estimate of drug-likeness (QED) is 0.709. The Hall–Kier alpha value is -4.01. The lowest BCUT2D eigenvalue weighted by molar-refractivity contribution is -0.126. The molecule has 1 saturated heterocycles. The SMILES string of the molecule is CC1=C(C)N2C(=NC3C2C(=O)NC(=O)N3C)N1CCNc1ccc(Oc2ccccc2)cc1. The Morgan fingerprint density at radius 1 is 1.00 bits per heavy atom. The average Bonchev–Trinajstić information content (AvgIpc) is 3.31. The molecule has 3 amide bonds. The van der Waals surface area contributed by atoms with E-state index in [-0.39, 0.29) is 5.91 Å². The van der Waals surface area contributed by atoms with Crippen LogP contribution < -0.4 is 15.4 Å². The largest absolute Gasteiger partial charge is 0.457 e. The molecule has 3 aliphatic rings. The number of anilines is 1. The second-order valence-corrected chi connectivity index (χ2v) is 8.25. The first kappa shape index (κ1) is 20.9. The normalized spacial score (nSPS) is 21.7. The molecule has 170 valence electrons. The minimum atomic E-state index is -0.534. The third-order valence-corrected chi connectivity index (χ3v) is 6.27. The summed E-state index contributed by atoms with van der Waals surface area (Å²) in [5.41, 5.74) is 3.01. The standard InChI is InChI=1S/C24H26N6O3/c1-15-16(2)30-20-21(28(3)24(32)27-22(20)31)26-23(30)29(15)14-13-25-17-9-11-19(12-10-17)33-18-7-5-4-6-8-18/h4-12,20-21,25H,13-14H2,1-3H3,(H,27,31,32). The molecule has 2 N–H and O–H groups in total. The minimum absolute atomic E-state index is 0.313. The molecule has 2 aromatic carbocycles. The number of nitrogens with zero attached hydrogens (tertiary/aromatic N) is 4. The minimum Gasteiger partial charge on any atom is -0.457 e. The lowest BCUT2D eigenvalue weighted by Crippen LogP contribution is -2.63. The molecule has 3 aliphatic heterocycles. The van der Waals surface area contributed by atoms with Crippen LogP contribution in [-0.2, 0) is 4.79 Å². The first-order valence-corrected chi connectivity index (χ1v) is 10.9. The van der Waals surface area contributed by atoms with Crippen molar-refractivity contribution in [3.05, 3.63) is 66.0 Å². The van der Waals surface area contributed by atoms with Crippen molar-refractivity contribution in [3.63, 3.8) is 0 Å². The molecule has 0 spiro atoms. The van der Waals surface area contributed by atoms with E-state index in [9.17, 15) is 9.59 Å². The van der Waals surface area contributed by atoms with E-state index in [1.165, 1.54) is 4.90 Å². The summed E-state index contributed by atoms with van der Waals surface area (Å²) in [6.45, 7) is 5.35. The number of aliphatic imine (C=N–C) groups is 1. The van der Waals surface area contributed by atoms with Crippen molar-refractivity contribution < 1.29 is 14.3 Å². The molecule has 5 rings (SSSR count). The molecule has 0 saturated carbocycles. The fraction of sp³-hybridized carbons (Fsp3) is 0.292. The van der Waals surface area contributed by atoms with Crippen molar-refractivity contribution in [1.29, 1.82) is 0 Å². The number of imide groups is 1. The first-order valence-electron chi connectivity index (χ1n) is 10.9. The topological polar surface area (TPSA) is 89.5 Å². The van der Waals surface area contributed by atoms with Crippen LogP contribution in [0.15, 0.2) is 71.0 Å². The predicted octanol–water partition coefficient (Wildman–Crippen LogP) is 3.01. The number of para-hydroxylation sites is 1. The summed E-state index contributed by atoms with van der Waals surface area (Å²) >= 11 is 0. The molecule has 2 unspecified atom stereocenters. The lowest BCUT2D eigenvalue weighted by Gasteiger charge is -2.35. The van der Waals surface area contributed by atoms with Crippen LogP contribution in [0.3, 0.4) is 0 Å². The van der Waals surface area contributed by atoms with E-state index in [0.717, 1.165) is 28.6 Å². The van der Waals surface area contributed by atoms with Crippen molar-refractivity contribution in [3.8, 4) is 11.5 Å². The van der Waals surface area contributed by atoms with Gasteiger partial charge in [0.1, 0.15) is 11.5 Å². The molecule has 0 bridgehead atoms. The molecule has 9 heteroatoms. The smallest absolute Gasteiger partial charge is 0.325 e. The lowest BCUT2D eigenvalue weighted by atomic mass is 10.1. The van der Waals surface area contributed by atoms with E-state index < -0.39 is 18.2 Å². The van der Waals surface area contributed by atoms with Gasteiger partial charge in [-0.2, -0.15) is 0 Å². The van der Waals surface area contributed by atoms with Gasteiger partial charge in [0.2, 0.25) is 5.96 Å². The molecule has 2 aromatic rings. The van der Waals surface area contributed by atoms with Crippen molar-refractivity contribution in [2.24, 2.45) is 4.99 Å². The molecule has 9 nitrogen and oxygen atoms in total. The summed E-state index contributed by atoms with van der Waals surface area (Å²) < 4.78 is 5.84. The van der Waals surface area contributed by atoms with Gasteiger partial charge in [-0.1, -0.05) is 18.2 Å². The van der Waals surface area contributed by atoms with E-state index in [1.807, 2.05) is 73.3 Å². The van der Waals surface area contributed by atoms with Gasteiger partial charge in [0, 0.05) is 37.2 Å². The van der Waals surface area contributed by atoms with Gasteiger partial charge in [0.15, 0.2) is 12.2 Å². The number of urea groups is 1. The highest BCUT2D eigenvalue weighted by Gasteiger charge is 2.52. The van der Waals surface area contributed by atoms with Crippen LogP contribution in [0, 0.1) is 0 Å². The monoisotopic (exact) mass is 446 g/mol. The number of hydrogen-bond acceptors (Lipinski definition) is 7. The van der Waals surface area contributed by atoms with Crippen LogP contribution in [0.5, 0.6) is 11.5 Å². The third kappa shape index (κ3) is 3.65. The highest BCUT2D eigenvalue weighted by atomic mass is 16.5. The number of carbonyl (C=O) groups is 2. The molecule has 1 fully saturated rings. The molecule has 33 heavy (non-hydrogen) atoms. The highest BCUT2D eigenvalue weighted by molar-refractivity contribution is 6.05. The zero-order chi connectivity index (χ0) is 23.1. The van der Waals surface area contributed by atoms with Crippen molar-refractivity contribution in [2.45, 2.75) is 26.1 Å². The van der Waals surface area contributed by atoms with Crippen molar-refractivity contribution >= 4 is 23.6 Å². The summed E-state index contributed by atoms with van der Waals surface area (Å²) in [5, 5.41) is 5.85. The maximum Gasteiger partial charge on any atom is 0.325 e. The zero-order valence-electron chi connectivity index (χ0n) is 18.8. The molecule has 0 aliphatic carbocycles. The summed E-state index contributed by atoms with van der Waals surface area (Å²) in [6.07, 6.45) is -0.517. The van der Waals surface area contributed by atoms with Gasteiger partial charge in [0.25, 0.3) is 5.91 Å². The average molecular weight is 447 g/mol. The Balaban J connectivity index is 1.23. The van der Waals surface area contributed by atoms with Crippen molar-refractivity contribution in [2.75, 3.05) is 25.5 Å². The molecule has 0 aromatic heterocycles. The number of rotatable bonds is 6. The van der Waals surface area contributed by atoms with E-state index in [2.05, 4.69) is 15.5 Å². The summed E-state index contributed by atoms with van der Waals surface area (Å²) in [7, 11) is 1.66. The van der Waals surface area contributed by atoms with Crippen LogP contribution in [0.25, 0.3) is 0 Å². The number of guanidine groups is 1. The van der Waals surface area contributed by atoms with E-state index in [4.69, 9.17) is 9.73 Å². The molecule has 0 radical (unpaired) electrons. The highest BCUT2D eigenvalue weighted by Crippen LogP contribution is 2.35. The zero-order valence-corrected chi connectivity index (χ0v) is 18.8. The van der Waals surface area contributed by atoms with E-state index in [1.54, 1.807) is 7.05 Å². The molecular weight excluding hydrogens is 420 g/mol. The number of carbonyl (C=O) groups excluding carboxylic acids is 2. The molecule has 3 heterocycles. The van der Waals surface area contributed by atoms with Crippen LogP contribution in [0.1, 0.15) is 13.8 Å². The Kier molecular flexibility index (Phi) is 5.16. The maximum atomic E-state index is 12.5. The summed E-state index contributed by atoms with van der Waals surface area (Å²) in [6, 6.07) is 16.5. The Morgan fingerprint density at radius 2 is 1.70 bits per heavy atom. The van der Waals surface area contributed by atoms with E-state index in [0.29, 0.717) is 19.0 Å². The van der Waals surface area contributed by atoms with Crippen molar-refractivity contribution in [1.82, 2.24) is 20.0 Å². The maximum absolute atomic E-state index is 12.5. The van der Waals surface area contributed by atoms with Crippen LogP contribution in [0.4, 0.5) is 10.5 Å². The molecule has 2 atom stereocenters. The van der Waals surface area contributed by atoms with Gasteiger partial charge in [-0.25, -0.2) is 9.79 Å². The fourth-order valence-electron chi connectivity index (χ4n) is 4.37. The second kappa shape index (κ2) is 8.16. The van der Waals surface area contributed by atoms with Crippen LogP contribution >= 0.6 is 0 Å². The Bertz CT molecular complexity index is 1140. The van der Waals surface area contributed by atoms with Gasteiger partial charge < -0.3 is 19.9 Å². The number of allylic oxidation sites excluding steroid dienone is 2.